The number of nitrogens with one attached hydrogen (secondary N) is 1. The van der Waals surface area contributed by atoms with Crippen LogP contribution in [0.5, 0.6) is 5.75 Å². The lowest BCUT2D eigenvalue weighted by molar-refractivity contribution is 0.312. The topological polar surface area (TPSA) is 94.3 Å². The summed E-state index contributed by atoms with van der Waals surface area (Å²) in [5.74, 6) is 2.43. The Balaban J connectivity index is 1.32. The first-order valence-electron chi connectivity index (χ1n) is 10.6. The summed E-state index contributed by atoms with van der Waals surface area (Å²) in [5, 5.41) is 9.50. The second-order valence-electron chi connectivity index (χ2n) is 8.16. The van der Waals surface area contributed by atoms with E-state index in [1.165, 1.54) is 0 Å². The Morgan fingerprint density at radius 1 is 0.875 bits per heavy atom. The van der Waals surface area contributed by atoms with Crippen molar-refractivity contribution >= 4 is 28.1 Å². The number of likely N-dealkylation sites (N-methyl/N-ethyl adjacent to an activating group) is 1. The number of oxazole rings is 1. The van der Waals surface area contributed by atoms with E-state index in [4.69, 9.17) is 14.4 Å². The highest BCUT2D eigenvalue weighted by atomic mass is 16.3. The van der Waals surface area contributed by atoms with Crippen LogP contribution in [0.3, 0.4) is 0 Å². The van der Waals surface area contributed by atoms with E-state index in [1.807, 2.05) is 24.3 Å². The number of hydrogen-bond acceptors (Lipinski definition) is 7. The molecule has 0 aliphatic carbocycles. The first kappa shape index (κ1) is 18.8. The summed E-state index contributed by atoms with van der Waals surface area (Å²) in [4.78, 5) is 22.1. The van der Waals surface area contributed by atoms with Crippen molar-refractivity contribution in [1.29, 1.82) is 0 Å². The van der Waals surface area contributed by atoms with Crippen molar-refractivity contribution in [3.05, 3.63) is 54.6 Å². The van der Waals surface area contributed by atoms with E-state index < -0.39 is 0 Å². The molecule has 0 saturated carbocycles. The van der Waals surface area contributed by atoms with Crippen LogP contribution in [0, 0.1) is 0 Å². The summed E-state index contributed by atoms with van der Waals surface area (Å²) in [6.07, 6.45) is 0. The molecular weight excluding hydrogens is 404 g/mol. The molecule has 4 heterocycles. The molecular formula is C24H22N6O2. The monoisotopic (exact) mass is 426 g/mol. The van der Waals surface area contributed by atoms with Crippen molar-refractivity contribution in [1.82, 2.24) is 24.8 Å². The van der Waals surface area contributed by atoms with Crippen molar-refractivity contribution in [2.45, 2.75) is 0 Å². The van der Waals surface area contributed by atoms with Crippen molar-refractivity contribution in [3.63, 3.8) is 0 Å². The van der Waals surface area contributed by atoms with Crippen LogP contribution in [-0.2, 0) is 0 Å². The predicted molar refractivity (Wildman–Crippen MR) is 124 cm³/mol. The number of H-pyrrole nitrogens is 1. The average Bonchev–Trinajstić information content (AvgIpc) is 3.43. The number of piperazine rings is 1. The van der Waals surface area contributed by atoms with Crippen molar-refractivity contribution in [2.24, 2.45) is 0 Å². The number of phenols is 1. The predicted octanol–water partition coefficient (Wildman–Crippen LogP) is 3.89. The maximum absolute atomic E-state index is 9.50. The largest absolute Gasteiger partial charge is 0.508 e. The molecule has 0 unspecified atom stereocenters. The maximum Gasteiger partial charge on any atom is 0.227 e. The number of imidazole rings is 1. The molecule has 0 spiro atoms. The number of benzene rings is 2. The van der Waals surface area contributed by atoms with E-state index in [9.17, 15) is 5.11 Å². The van der Waals surface area contributed by atoms with Crippen LogP contribution in [0.15, 0.2) is 59.0 Å². The molecule has 32 heavy (non-hydrogen) atoms. The number of aromatic hydroxyl groups is 1. The SMILES string of the molecule is CN1CCN(c2ccc3[nH]c(-c4ccc5nc(-c6ccc(O)cc6)oc5c4)nc3n2)CC1. The van der Waals surface area contributed by atoms with E-state index >= 15 is 0 Å². The zero-order chi connectivity index (χ0) is 21.7. The molecule has 1 aliphatic rings. The second-order valence-corrected chi connectivity index (χ2v) is 8.16. The van der Waals surface area contributed by atoms with Gasteiger partial charge in [0.15, 0.2) is 11.2 Å². The number of anilines is 1. The molecule has 6 rings (SSSR count). The lowest BCUT2D eigenvalue weighted by Gasteiger charge is -2.33. The van der Waals surface area contributed by atoms with E-state index in [0.29, 0.717) is 17.1 Å². The standard InChI is InChI=1S/C24H22N6O2/c1-29-10-12-30(13-11-29)21-9-8-19-23(27-21)28-22(25-19)16-4-7-18-20(14-16)32-24(26-18)15-2-5-17(31)6-3-15/h2-9,14,31H,10-13H2,1H3,(H,25,27,28). The Bertz CT molecular complexity index is 1410. The number of aromatic amines is 1. The summed E-state index contributed by atoms with van der Waals surface area (Å²) in [6.45, 7) is 4.01. The fourth-order valence-electron chi connectivity index (χ4n) is 4.03. The van der Waals surface area contributed by atoms with Gasteiger partial charge in [0.05, 0.1) is 5.52 Å². The molecule has 5 aromatic rings. The third-order valence-electron chi connectivity index (χ3n) is 5.93. The number of aromatic nitrogens is 4. The molecule has 0 radical (unpaired) electrons. The van der Waals surface area contributed by atoms with Gasteiger partial charge in [0.2, 0.25) is 5.89 Å². The van der Waals surface area contributed by atoms with E-state index in [0.717, 1.165) is 60.0 Å². The van der Waals surface area contributed by atoms with Gasteiger partial charge in [0.1, 0.15) is 22.9 Å². The molecule has 2 aromatic carbocycles. The van der Waals surface area contributed by atoms with Crippen LogP contribution < -0.4 is 4.90 Å². The highest BCUT2D eigenvalue weighted by Crippen LogP contribution is 2.29. The summed E-state index contributed by atoms with van der Waals surface area (Å²) in [6, 6.07) is 16.7. The van der Waals surface area contributed by atoms with Crippen molar-refractivity contribution < 1.29 is 9.52 Å². The van der Waals surface area contributed by atoms with Crippen LogP contribution in [-0.4, -0.2) is 63.2 Å². The molecule has 3 aromatic heterocycles. The number of nitrogens with zero attached hydrogens (tertiary/aromatic N) is 5. The minimum atomic E-state index is 0.210. The highest BCUT2D eigenvalue weighted by Gasteiger charge is 2.17. The first-order chi connectivity index (χ1) is 15.6. The van der Waals surface area contributed by atoms with Gasteiger partial charge in [0, 0.05) is 37.3 Å². The zero-order valence-corrected chi connectivity index (χ0v) is 17.6. The summed E-state index contributed by atoms with van der Waals surface area (Å²) < 4.78 is 5.98. The van der Waals surface area contributed by atoms with Gasteiger partial charge in [0.25, 0.3) is 0 Å². The molecule has 0 bridgehead atoms. The highest BCUT2D eigenvalue weighted by molar-refractivity contribution is 5.83. The number of hydrogen-bond donors (Lipinski definition) is 2. The summed E-state index contributed by atoms with van der Waals surface area (Å²) >= 11 is 0. The molecule has 1 saturated heterocycles. The van der Waals surface area contributed by atoms with E-state index in [-0.39, 0.29) is 5.75 Å². The Kier molecular flexibility index (Phi) is 4.32. The Morgan fingerprint density at radius 3 is 2.47 bits per heavy atom. The number of fused-ring (bicyclic) bond motifs is 2. The Labute approximate surface area is 184 Å². The molecule has 2 N–H and O–H groups in total. The van der Waals surface area contributed by atoms with Gasteiger partial charge >= 0.3 is 0 Å². The van der Waals surface area contributed by atoms with Gasteiger partial charge in [-0.3, -0.25) is 0 Å². The van der Waals surface area contributed by atoms with Gasteiger partial charge in [-0.15, -0.1) is 0 Å². The quantitative estimate of drug-likeness (QED) is 0.452. The average molecular weight is 426 g/mol. The van der Waals surface area contributed by atoms with Crippen molar-refractivity contribution in [2.75, 3.05) is 38.1 Å². The number of pyridine rings is 1. The van der Waals surface area contributed by atoms with Crippen LogP contribution >= 0.6 is 0 Å². The Morgan fingerprint density at radius 2 is 1.66 bits per heavy atom. The van der Waals surface area contributed by atoms with E-state index in [2.05, 4.69) is 32.9 Å². The smallest absolute Gasteiger partial charge is 0.227 e. The first-order valence-corrected chi connectivity index (χ1v) is 10.6. The zero-order valence-electron chi connectivity index (χ0n) is 17.6. The van der Waals surface area contributed by atoms with Gasteiger partial charge in [-0.05, 0) is 61.6 Å². The van der Waals surface area contributed by atoms with Crippen LogP contribution in [0.1, 0.15) is 0 Å². The molecule has 1 fully saturated rings. The molecule has 8 nitrogen and oxygen atoms in total. The van der Waals surface area contributed by atoms with Crippen LogP contribution in [0.4, 0.5) is 5.82 Å². The molecule has 0 amide bonds. The molecule has 0 atom stereocenters. The lowest BCUT2D eigenvalue weighted by Crippen LogP contribution is -2.44. The fraction of sp³-hybridized carbons (Fsp3) is 0.208. The van der Waals surface area contributed by atoms with Gasteiger partial charge in [-0.2, -0.15) is 0 Å². The Hall–Kier alpha value is -3.91. The minimum absolute atomic E-state index is 0.210. The van der Waals surface area contributed by atoms with E-state index in [1.54, 1.807) is 24.3 Å². The van der Waals surface area contributed by atoms with Gasteiger partial charge < -0.3 is 24.3 Å². The normalized spacial score (nSPS) is 15.1. The number of rotatable bonds is 3. The van der Waals surface area contributed by atoms with Gasteiger partial charge in [-0.25, -0.2) is 15.0 Å². The fourth-order valence-corrected chi connectivity index (χ4v) is 4.03. The molecule has 1 aliphatic heterocycles. The maximum atomic E-state index is 9.50. The third kappa shape index (κ3) is 3.34. The van der Waals surface area contributed by atoms with Crippen LogP contribution in [0.2, 0.25) is 0 Å². The third-order valence-corrected chi connectivity index (χ3v) is 5.93. The van der Waals surface area contributed by atoms with Crippen molar-refractivity contribution in [3.8, 4) is 28.6 Å². The molecule has 160 valence electrons. The minimum Gasteiger partial charge on any atom is -0.508 e. The molecule has 8 heteroatoms. The summed E-state index contributed by atoms with van der Waals surface area (Å²) in [7, 11) is 2.15. The number of phenolic OH excluding ortho intramolecular Hbond substituents is 1. The van der Waals surface area contributed by atoms with Gasteiger partial charge in [-0.1, -0.05) is 0 Å². The second kappa shape index (κ2) is 7.35. The van der Waals surface area contributed by atoms with Crippen LogP contribution in [0.25, 0.3) is 45.1 Å². The summed E-state index contributed by atoms with van der Waals surface area (Å²) in [5.41, 5.74) is 4.77. The lowest BCUT2D eigenvalue weighted by atomic mass is 10.2.